The van der Waals surface area contributed by atoms with Gasteiger partial charge in [-0.15, -0.1) is 0 Å². The lowest BCUT2D eigenvalue weighted by Gasteiger charge is -2.34. The highest BCUT2D eigenvalue weighted by atomic mass is 31.2. The lowest BCUT2D eigenvalue weighted by atomic mass is 9.91. The van der Waals surface area contributed by atoms with Crippen molar-refractivity contribution in [2.24, 2.45) is 11.8 Å². The number of carbonyl (C=O) groups is 3. The van der Waals surface area contributed by atoms with Crippen molar-refractivity contribution in [1.29, 1.82) is 5.26 Å². The van der Waals surface area contributed by atoms with Gasteiger partial charge in [-0.2, -0.15) is 15.4 Å². The zero-order valence-electron chi connectivity index (χ0n) is 28.4. The summed E-state index contributed by atoms with van der Waals surface area (Å²) >= 11 is 0. The minimum Gasteiger partial charge on any atom is -0.461 e. The molecule has 1 saturated heterocycles. The molecule has 1 aromatic carbocycles. The standard InChI is InChI=1S/C33H41N6O10P/c1-19(2)30(40)46-27-26(24-13-14-25-29(35)36-18-37-39(24)25)48-33(15-16-34,28(27)47-31(41)20(3)4)17-44-50(43,49-23-9-7-6-8-10-23)38-21(5)32(42)45-22-11-12-22/h6-10,13-14,18-22,26-28H,11-12,15,17H2,1-5H3,(H,38,43)(H2,35,36,37)/t21-,26-,27-,28-,33+,50?/m0/s1. The molecule has 16 nitrogen and oxygen atoms in total. The van der Waals surface area contributed by atoms with E-state index in [9.17, 15) is 24.2 Å². The first-order valence-electron chi connectivity index (χ1n) is 16.3. The molecule has 2 fully saturated rings. The van der Waals surface area contributed by atoms with E-state index in [1.165, 1.54) is 29.9 Å². The average molecular weight is 713 g/mol. The van der Waals surface area contributed by atoms with Crippen molar-refractivity contribution in [2.45, 2.75) is 89.9 Å². The van der Waals surface area contributed by atoms with Crippen LogP contribution in [0, 0.1) is 23.2 Å². The molecular formula is C33H41N6O10P. The van der Waals surface area contributed by atoms with Crippen LogP contribution in [-0.2, 0) is 42.4 Å². The Morgan fingerprint density at radius 2 is 1.72 bits per heavy atom. The summed E-state index contributed by atoms with van der Waals surface area (Å²) in [7, 11) is -4.49. The van der Waals surface area contributed by atoms with E-state index in [0.717, 1.165) is 12.8 Å². The van der Waals surface area contributed by atoms with E-state index in [-0.39, 0.29) is 17.7 Å². The van der Waals surface area contributed by atoms with Crippen molar-refractivity contribution in [3.8, 4) is 11.8 Å². The van der Waals surface area contributed by atoms with Crippen molar-refractivity contribution in [2.75, 3.05) is 12.3 Å². The molecule has 3 heterocycles. The number of anilines is 1. The monoisotopic (exact) mass is 712 g/mol. The SMILES string of the molecule is CC(C)C(=O)O[C@H]1[C@H](c2ccc3c(N)ncnn23)O[C@](CC#N)(COP(=O)(N[C@@H](C)C(=O)OC2CC2)Oc2ccccc2)[C@H]1OC(=O)C(C)C. The van der Waals surface area contributed by atoms with Crippen molar-refractivity contribution in [3.05, 3.63) is 54.5 Å². The van der Waals surface area contributed by atoms with Crippen LogP contribution in [0.1, 0.15) is 65.7 Å². The van der Waals surface area contributed by atoms with Gasteiger partial charge in [-0.25, -0.2) is 14.1 Å². The van der Waals surface area contributed by atoms with Gasteiger partial charge in [-0.3, -0.25) is 18.9 Å². The lowest BCUT2D eigenvalue weighted by Crippen LogP contribution is -2.51. The van der Waals surface area contributed by atoms with Crippen LogP contribution in [0.15, 0.2) is 48.8 Å². The summed E-state index contributed by atoms with van der Waals surface area (Å²) in [6.45, 7) is 7.25. The number of aromatic nitrogens is 3. The Morgan fingerprint density at radius 3 is 2.36 bits per heavy atom. The van der Waals surface area contributed by atoms with Gasteiger partial charge in [0.25, 0.3) is 0 Å². The van der Waals surface area contributed by atoms with Gasteiger partial charge in [-0.05, 0) is 44.0 Å². The molecule has 2 aromatic heterocycles. The quantitative estimate of drug-likeness (QED) is 0.129. The van der Waals surface area contributed by atoms with E-state index < -0.39 is 80.5 Å². The summed E-state index contributed by atoms with van der Waals surface area (Å²) in [6.07, 6.45) is -2.00. The molecule has 0 spiro atoms. The van der Waals surface area contributed by atoms with Crippen LogP contribution < -0.4 is 15.3 Å². The maximum atomic E-state index is 14.5. The van der Waals surface area contributed by atoms with E-state index in [4.69, 9.17) is 33.7 Å². The summed E-state index contributed by atoms with van der Waals surface area (Å²) in [5.41, 5.74) is 4.94. The van der Waals surface area contributed by atoms with Crippen molar-refractivity contribution in [3.63, 3.8) is 0 Å². The predicted octanol–water partition coefficient (Wildman–Crippen LogP) is 4.06. The Labute approximate surface area is 289 Å². The number of nitrogens with one attached hydrogen (secondary N) is 1. The summed E-state index contributed by atoms with van der Waals surface area (Å²) in [5, 5.41) is 17.1. The van der Waals surface area contributed by atoms with Gasteiger partial charge in [0.1, 0.15) is 41.4 Å². The van der Waals surface area contributed by atoms with Gasteiger partial charge in [0.05, 0.1) is 36.6 Å². The van der Waals surface area contributed by atoms with E-state index in [2.05, 4.69) is 21.2 Å². The number of esters is 3. The third kappa shape index (κ3) is 8.24. The molecule has 3 aromatic rings. The first-order valence-corrected chi connectivity index (χ1v) is 17.8. The van der Waals surface area contributed by atoms with Crippen LogP contribution in [0.2, 0.25) is 0 Å². The number of ether oxygens (including phenoxy) is 4. The van der Waals surface area contributed by atoms with Gasteiger partial charge in [0.2, 0.25) is 0 Å². The minimum atomic E-state index is -4.49. The fourth-order valence-electron chi connectivity index (χ4n) is 5.18. The molecule has 268 valence electrons. The average Bonchev–Trinajstić information content (AvgIpc) is 3.71. The fourth-order valence-corrected chi connectivity index (χ4v) is 6.73. The van der Waals surface area contributed by atoms with Crippen LogP contribution in [0.3, 0.4) is 0 Å². The fraction of sp³-hybridized carbons (Fsp3) is 0.515. The van der Waals surface area contributed by atoms with Crippen LogP contribution in [0.25, 0.3) is 5.52 Å². The Morgan fingerprint density at radius 1 is 1.04 bits per heavy atom. The predicted molar refractivity (Wildman–Crippen MR) is 176 cm³/mol. The molecular weight excluding hydrogens is 671 g/mol. The molecule has 0 amide bonds. The number of fused-ring (bicyclic) bond motifs is 1. The molecule has 17 heteroatoms. The van der Waals surface area contributed by atoms with Crippen LogP contribution in [-0.4, -0.2) is 69.1 Å². The van der Waals surface area contributed by atoms with Gasteiger partial charge in [-0.1, -0.05) is 45.9 Å². The smallest absolute Gasteiger partial charge is 0.459 e. The van der Waals surface area contributed by atoms with E-state index in [1.807, 2.05) is 0 Å². The van der Waals surface area contributed by atoms with Crippen molar-refractivity contribution < 1.29 is 46.9 Å². The second-order valence-electron chi connectivity index (χ2n) is 12.9. The van der Waals surface area contributed by atoms with Crippen molar-refractivity contribution >= 4 is 37.0 Å². The van der Waals surface area contributed by atoms with Crippen molar-refractivity contribution in [1.82, 2.24) is 19.7 Å². The molecule has 1 aliphatic carbocycles. The molecule has 5 rings (SSSR count). The molecule has 2 aliphatic rings. The summed E-state index contributed by atoms with van der Waals surface area (Å²) < 4.78 is 51.7. The second kappa shape index (κ2) is 15.1. The van der Waals surface area contributed by atoms with Gasteiger partial charge in [0.15, 0.2) is 18.0 Å². The Kier molecular flexibility index (Phi) is 11.1. The van der Waals surface area contributed by atoms with Gasteiger partial charge >= 0.3 is 25.7 Å². The van der Waals surface area contributed by atoms with E-state index in [0.29, 0.717) is 11.2 Å². The molecule has 0 bridgehead atoms. The first-order chi connectivity index (χ1) is 23.8. The Bertz CT molecular complexity index is 1790. The molecule has 0 radical (unpaired) electrons. The van der Waals surface area contributed by atoms with E-state index in [1.54, 1.807) is 58.0 Å². The number of rotatable bonds is 15. The molecule has 50 heavy (non-hydrogen) atoms. The third-order valence-electron chi connectivity index (χ3n) is 8.06. The van der Waals surface area contributed by atoms with Gasteiger partial charge < -0.3 is 29.2 Å². The number of nitrogens with zero attached hydrogens (tertiary/aromatic N) is 4. The zero-order chi connectivity index (χ0) is 36.2. The summed E-state index contributed by atoms with van der Waals surface area (Å²) in [6, 6.07) is 12.3. The normalized spacial score (nSPS) is 23.6. The number of hydrogen-bond donors (Lipinski definition) is 2. The topological polar surface area (TPSA) is 216 Å². The number of carbonyl (C=O) groups excluding carboxylic acids is 3. The molecule has 1 unspecified atom stereocenters. The van der Waals surface area contributed by atoms with Crippen LogP contribution in [0.5, 0.6) is 5.75 Å². The highest BCUT2D eigenvalue weighted by Gasteiger charge is 2.61. The highest BCUT2D eigenvalue weighted by Crippen LogP contribution is 2.51. The number of benzene rings is 1. The first kappa shape index (κ1) is 36.7. The number of nitriles is 1. The van der Waals surface area contributed by atoms with E-state index >= 15 is 0 Å². The zero-order valence-corrected chi connectivity index (χ0v) is 29.3. The maximum absolute atomic E-state index is 14.5. The number of para-hydroxylation sites is 1. The maximum Gasteiger partial charge on any atom is 0.459 e. The number of nitrogen functional groups attached to an aromatic ring is 1. The van der Waals surface area contributed by atoms with Crippen LogP contribution >= 0.6 is 7.75 Å². The molecule has 6 atom stereocenters. The lowest BCUT2D eigenvalue weighted by molar-refractivity contribution is -0.177. The molecule has 1 saturated carbocycles. The minimum absolute atomic E-state index is 0.147. The van der Waals surface area contributed by atoms with Crippen LogP contribution in [0.4, 0.5) is 5.82 Å². The largest absolute Gasteiger partial charge is 0.461 e. The number of hydrogen-bond acceptors (Lipinski definition) is 14. The Hall–Kier alpha value is -4.55. The number of nitrogens with two attached hydrogens (primary N) is 1. The third-order valence-corrected chi connectivity index (χ3v) is 9.68. The highest BCUT2D eigenvalue weighted by molar-refractivity contribution is 7.52. The second-order valence-corrected chi connectivity index (χ2v) is 14.6. The summed E-state index contributed by atoms with van der Waals surface area (Å²) in [4.78, 5) is 43.2. The van der Waals surface area contributed by atoms with Gasteiger partial charge in [0, 0.05) is 0 Å². The Balaban J connectivity index is 1.57. The summed E-state index contributed by atoms with van der Waals surface area (Å²) in [5.74, 6) is -2.91. The molecule has 3 N–H and O–H groups in total. The molecule has 1 aliphatic heterocycles.